The number of hydrazone groups is 1. The minimum atomic E-state index is -5.17. The Morgan fingerprint density at radius 2 is 1.77 bits per heavy atom. The third kappa shape index (κ3) is 4.37. The number of carbonyl (C=O) groups is 1. The maximum Gasteiger partial charge on any atom is 0.438 e. The molecule has 5 nitrogen and oxygen atoms in total. The van der Waals surface area contributed by atoms with Crippen LogP contribution in [0.4, 0.5) is 13.2 Å². The second kappa shape index (κ2) is 8.26. The lowest BCUT2D eigenvalue weighted by molar-refractivity contribution is -0.303. The van der Waals surface area contributed by atoms with E-state index < -0.39 is 30.3 Å². The molecule has 160 valence electrons. The van der Waals surface area contributed by atoms with Crippen molar-refractivity contribution in [1.82, 2.24) is 5.01 Å². The molecule has 0 saturated heterocycles. The van der Waals surface area contributed by atoms with Gasteiger partial charge in [0.2, 0.25) is 0 Å². The number of rotatable bonds is 4. The van der Waals surface area contributed by atoms with Crippen molar-refractivity contribution in [2.75, 3.05) is 0 Å². The van der Waals surface area contributed by atoms with Gasteiger partial charge in [0.15, 0.2) is 6.10 Å². The van der Waals surface area contributed by atoms with Gasteiger partial charge in [-0.2, -0.15) is 23.3 Å². The van der Waals surface area contributed by atoms with Crippen LogP contribution in [0.2, 0.25) is 15.1 Å². The fourth-order valence-electron chi connectivity index (χ4n) is 2.78. The van der Waals surface area contributed by atoms with Crippen molar-refractivity contribution in [1.29, 1.82) is 0 Å². The van der Waals surface area contributed by atoms with Gasteiger partial charge < -0.3 is 9.84 Å². The number of hydrogen-bond acceptors (Lipinski definition) is 4. The zero-order valence-electron chi connectivity index (χ0n) is 15.3. The molecule has 0 saturated carbocycles. The second-order valence-corrected chi connectivity index (χ2v) is 7.81. The average Bonchev–Trinajstić information content (AvgIpc) is 3.02. The van der Waals surface area contributed by atoms with Crippen molar-refractivity contribution in [3.8, 4) is 5.75 Å². The molecule has 0 aromatic heterocycles. The first-order valence-corrected chi connectivity index (χ1v) is 9.64. The first-order chi connectivity index (χ1) is 13.9. The van der Waals surface area contributed by atoms with Gasteiger partial charge in [-0.1, -0.05) is 46.9 Å². The third-order valence-electron chi connectivity index (χ3n) is 4.37. The zero-order valence-corrected chi connectivity index (χ0v) is 17.5. The molecule has 11 heteroatoms. The summed E-state index contributed by atoms with van der Waals surface area (Å²) in [6, 6.07) is 9.98. The smallest absolute Gasteiger partial charge is 0.438 e. The number of aliphatic hydroxyl groups is 1. The van der Waals surface area contributed by atoms with Crippen LogP contribution in [0.3, 0.4) is 0 Å². The molecule has 0 unspecified atom stereocenters. The van der Waals surface area contributed by atoms with E-state index in [1.54, 1.807) is 0 Å². The minimum Gasteiger partial charge on any atom is -0.479 e. The summed E-state index contributed by atoms with van der Waals surface area (Å²) in [6.45, 7) is 1.22. The number of halogens is 6. The van der Waals surface area contributed by atoms with E-state index in [2.05, 4.69) is 5.10 Å². The number of alkyl halides is 3. The lowest BCUT2D eigenvalue weighted by atomic mass is 10.0. The van der Waals surface area contributed by atoms with Crippen molar-refractivity contribution in [2.45, 2.75) is 31.3 Å². The molecule has 1 amide bonds. The molecule has 0 aliphatic carbocycles. The topological polar surface area (TPSA) is 62.1 Å². The minimum absolute atomic E-state index is 0.00539. The number of carbonyl (C=O) groups excluding carboxylic acids is 1. The van der Waals surface area contributed by atoms with Crippen molar-refractivity contribution in [2.24, 2.45) is 5.10 Å². The first-order valence-electron chi connectivity index (χ1n) is 8.50. The quantitative estimate of drug-likeness (QED) is 0.644. The highest BCUT2D eigenvalue weighted by Gasteiger charge is 2.63. The number of hydrogen-bond donors (Lipinski definition) is 1. The summed E-state index contributed by atoms with van der Waals surface area (Å²) in [5, 5.41) is 14.9. The molecule has 1 heterocycles. The van der Waals surface area contributed by atoms with Crippen LogP contribution in [0.25, 0.3) is 0 Å². The summed E-state index contributed by atoms with van der Waals surface area (Å²) in [6.07, 6.45) is -7.55. The summed E-state index contributed by atoms with van der Waals surface area (Å²) in [4.78, 5) is 12.8. The molecular weight excluding hydrogens is 468 g/mol. The van der Waals surface area contributed by atoms with Crippen LogP contribution in [-0.4, -0.2) is 39.7 Å². The van der Waals surface area contributed by atoms with Gasteiger partial charge in [-0.3, -0.25) is 4.79 Å². The van der Waals surface area contributed by atoms with Gasteiger partial charge in [-0.25, -0.2) is 0 Å². The molecule has 3 rings (SSSR count). The second-order valence-electron chi connectivity index (χ2n) is 6.53. The van der Waals surface area contributed by atoms with Gasteiger partial charge in [-0.15, -0.1) is 0 Å². The monoisotopic (exact) mass is 480 g/mol. The average molecular weight is 482 g/mol. The van der Waals surface area contributed by atoms with Crippen LogP contribution >= 0.6 is 34.8 Å². The number of amides is 1. The highest BCUT2D eigenvalue weighted by atomic mass is 35.5. The van der Waals surface area contributed by atoms with Crippen LogP contribution in [-0.2, 0) is 4.79 Å². The maximum absolute atomic E-state index is 13.7. The largest absolute Gasteiger partial charge is 0.479 e. The highest BCUT2D eigenvalue weighted by Crippen LogP contribution is 2.42. The predicted molar refractivity (Wildman–Crippen MR) is 107 cm³/mol. The van der Waals surface area contributed by atoms with Crippen molar-refractivity contribution in [3.05, 3.63) is 63.1 Å². The Labute approximate surface area is 184 Å². The van der Waals surface area contributed by atoms with Gasteiger partial charge in [0.05, 0.1) is 17.2 Å². The summed E-state index contributed by atoms with van der Waals surface area (Å²) in [5.41, 5.74) is -3.37. The van der Waals surface area contributed by atoms with E-state index in [4.69, 9.17) is 39.5 Å². The molecule has 1 N–H and O–H groups in total. The van der Waals surface area contributed by atoms with E-state index in [1.165, 1.54) is 49.4 Å². The fraction of sp³-hybridized carbons (Fsp3) is 0.263. The summed E-state index contributed by atoms with van der Waals surface area (Å²) < 4.78 is 46.5. The standard InChI is InChI=1S/C19H14Cl3F3N2O3/c1-10(30-16-7-6-13(21)8-14(16)22)17(28)27-18(29,19(23,24)25)9-15(26-27)11-2-4-12(20)5-3-11/h2-8,10,29H,9H2,1H3/t10-,18-/m1/s1. The van der Waals surface area contributed by atoms with E-state index in [0.717, 1.165) is 0 Å². The van der Waals surface area contributed by atoms with Crippen LogP contribution in [0, 0.1) is 0 Å². The number of nitrogens with zero attached hydrogens (tertiary/aromatic N) is 2. The van der Waals surface area contributed by atoms with Gasteiger partial charge >= 0.3 is 6.18 Å². The first kappa shape index (κ1) is 22.7. The predicted octanol–water partition coefficient (Wildman–Crippen LogP) is 5.30. The number of ether oxygens (including phenoxy) is 1. The molecule has 0 fully saturated rings. The molecule has 2 aromatic carbocycles. The molecule has 2 aromatic rings. The molecule has 1 aliphatic heterocycles. The van der Waals surface area contributed by atoms with E-state index in [1.807, 2.05) is 0 Å². The summed E-state index contributed by atoms with van der Waals surface area (Å²) >= 11 is 17.6. The Morgan fingerprint density at radius 1 is 1.17 bits per heavy atom. The van der Waals surface area contributed by atoms with Crippen molar-refractivity contribution >= 4 is 46.4 Å². The van der Waals surface area contributed by atoms with Gasteiger partial charge in [0.1, 0.15) is 5.75 Å². The molecule has 1 aliphatic rings. The van der Waals surface area contributed by atoms with Gasteiger partial charge in [0, 0.05) is 10.0 Å². The van der Waals surface area contributed by atoms with Gasteiger partial charge in [0.25, 0.3) is 11.6 Å². The molecule has 0 bridgehead atoms. The Hall–Kier alpha value is -2.00. The lowest BCUT2D eigenvalue weighted by Gasteiger charge is -2.33. The van der Waals surface area contributed by atoms with Crippen molar-refractivity contribution in [3.63, 3.8) is 0 Å². The van der Waals surface area contributed by atoms with Crippen molar-refractivity contribution < 1.29 is 27.8 Å². The van der Waals surface area contributed by atoms with Crippen LogP contribution < -0.4 is 4.74 Å². The fourth-order valence-corrected chi connectivity index (χ4v) is 3.36. The van der Waals surface area contributed by atoms with E-state index in [0.29, 0.717) is 10.0 Å². The summed E-state index contributed by atoms with van der Waals surface area (Å²) in [5.74, 6) is -1.16. The Morgan fingerprint density at radius 3 is 2.33 bits per heavy atom. The molecule has 0 spiro atoms. The highest BCUT2D eigenvalue weighted by molar-refractivity contribution is 6.35. The molecular formula is C19H14Cl3F3N2O3. The van der Waals surface area contributed by atoms with E-state index in [9.17, 15) is 23.1 Å². The van der Waals surface area contributed by atoms with Crippen LogP contribution in [0.15, 0.2) is 47.6 Å². The number of benzene rings is 2. The third-order valence-corrected chi connectivity index (χ3v) is 5.15. The van der Waals surface area contributed by atoms with Crippen LogP contribution in [0.1, 0.15) is 18.9 Å². The molecule has 2 atom stereocenters. The molecule has 30 heavy (non-hydrogen) atoms. The Bertz CT molecular complexity index is 999. The molecule has 0 radical (unpaired) electrons. The normalized spacial score (nSPS) is 20.1. The SMILES string of the molecule is C[C@@H](Oc1ccc(Cl)cc1Cl)C(=O)N1N=C(c2ccc(Cl)cc2)C[C@@]1(O)C(F)(F)F. The van der Waals surface area contributed by atoms with E-state index in [-0.39, 0.29) is 27.1 Å². The maximum atomic E-state index is 13.7. The van der Waals surface area contributed by atoms with E-state index >= 15 is 0 Å². The lowest BCUT2D eigenvalue weighted by Crippen LogP contribution is -2.58. The Kier molecular flexibility index (Phi) is 6.25. The summed E-state index contributed by atoms with van der Waals surface area (Å²) in [7, 11) is 0. The zero-order chi connectivity index (χ0) is 22.3. The van der Waals surface area contributed by atoms with Gasteiger partial charge in [-0.05, 0) is 42.8 Å². The van der Waals surface area contributed by atoms with Crippen LogP contribution in [0.5, 0.6) is 5.75 Å². The Balaban J connectivity index is 1.92.